The van der Waals surface area contributed by atoms with Crippen molar-refractivity contribution in [3.8, 4) is 0 Å². The molecule has 0 aromatic carbocycles. The van der Waals surface area contributed by atoms with Gasteiger partial charge in [0.2, 0.25) is 11.1 Å². The van der Waals surface area contributed by atoms with E-state index in [9.17, 15) is 10.1 Å². The van der Waals surface area contributed by atoms with Crippen LogP contribution in [0.5, 0.6) is 0 Å². The van der Waals surface area contributed by atoms with E-state index in [1.54, 1.807) is 0 Å². The lowest BCUT2D eigenvalue weighted by atomic mass is 9.97. The number of piperidine rings is 1. The first kappa shape index (κ1) is 14.0. The van der Waals surface area contributed by atoms with Gasteiger partial charge in [-0.1, -0.05) is 0 Å². The van der Waals surface area contributed by atoms with Crippen molar-refractivity contribution < 1.29 is 4.92 Å². The summed E-state index contributed by atoms with van der Waals surface area (Å²) in [6.45, 7) is 2.78. The van der Waals surface area contributed by atoms with E-state index in [0.29, 0.717) is 12.5 Å². The maximum atomic E-state index is 10.9. The van der Waals surface area contributed by atoms with Gasteiger partial charge in [0.15, 0.2) is 0 Å². The SMILES string of the molecule is CN1CCC(CNc2nc(Cl)ncc2[N+](=O)[O-])CC1. The fourth-order valence-electron chi connectivity index (χ4n) is 2.12. The van der Waals surface area contributed by atoms with E-state index in [1.807, 2.05) is 0 Å². The number of rotatable bonds is 4. The second-order valence-corrected chi connectivity index (χ2v) is 5.10. The van der Waals surface area contributed by atoms with E-state index < -0.39 is 4.92 Å². The van der Waals surface area contributed by atoms with Crippen LogP contribution >= 0.6 is 11.6 Å². The monoisotopic (exact) mass is 285 g/mol. The molecule has 19 heavy (non-hydrogen) atoms. The number of anilines is 1. The zero-order valence-electron chi connectivity index (χ0n) is 10.7. The lowest BCUT2D eigenvalue weighted by molar-refractivity contribution is -0.384. The standard InChI is InChI=1S/C11H16ClN5O2/c1-16-4-2-8(3-5-16)6-13-10-9(17(18)19)7-14-11(12)15-10/h7-8H,2-6H2,1H3,(H,13,14,15). The van der Waals surface area contributed by atoms with E-state index in [2.05, 4.69) is 27.2 Å². The number of likely N-dealkylation sites (tertiary alicyclic amines) is 1. The minimum atomic E-state index is -0.507. The van der Waals surface area contributed by atoms with Gasteiger partial charge in [-0.3, -0.25) is 10.1 Å². The molecule has 0 amide bonds. The van der Waals surface area contributed by atoms with Gasteiger partial charge in [-0.15, -0.1) is 0 Å². The summed E-state index contributed by atoms with van der Waals surface area (Å²) in [6.07, 6.45) is 3.29. The fraction of sp³-hybridized carbons (Fsp3) is 0.636. The van der Waals surface area contributed by atoms with E-state index in [-0.39, 0.29) is 16.8 Å². The number of hydrogen-bond acceptors (Lipinski definition) is 6. The first-order valence-corrected chi connectivity index (χ1v) is 6.53. The van der Waals surface area contributed by atoms with Crippen LogP contribution < -0.4 is 5.32 Å². The van der Waals surface area contributed by atoms with Crippen LogP contribution in [0.25, 0.3) is 0 Å². The molecule has 0 bridgehead atoms. The summed E-state index contributed by atoms with van der Waals surface area (Å²) in [5, 5.41) is 13.9. The normalized spacial score (nSPS) is 17.4. The topological polar surface area (TPSA) is 84.2 Å². The van der Waals surface area contributed by atoms with Crippen LogP contribution in [0.15, 0.2) is 6.20 Å². The quantitative estimate of drug-likeness (QED) is 0.516. The summed E-state index contributed by atoms with van der Waals surface area (Å²) < 4.78 is 0. The molecule has 1 aromatic heterocycles. The molecular formula is C11H16ClN5O2. The highest BCUT2D eigenvalue weighted by atomic mass is 35.5. The summed E-state index contributed by atoms with van der Waals surface area (Å²) >= 11 is 5.67. The molecule has 0 atom stereocenters. The predicted molar refractivity (Wildman–Crippen MR) is 72.4 cm³/mol. The third-order valence-corrected chi connectivity index (χ3v) is 3.52. The maximum absolute atomic E-state index is 10.9. The Balaban J connectivity index is 1.98. The minimum absolute atomic E-state index is 0.0106. The van der Waals surface area contributed by atoms with Gasteiger partial charge in [-0.25, -0.2) is 4.98 Å². The van der Waals surface area contributed by atoms with Crippen LogP contribution in [0.1, 0.15) is 12.8 Å². The number of nitrogens with one attached hydrogen (secondary N) is 1. The van der Waals surface area contributed by atoms with Crippen molar-refractivity contribution in [2.45, 2.75) is 12.8 Å². The molecule has 7 nitrogen and oxygen atoms in total. The molecule has 8 heteroatoms. The van der Waals surface area contributed by atoms with Crippen molar-refractivity contribution in [3.05, 3.63) is 21.6 Å². The smallest absolute Gasteiger partial charge is 0.329 e. The highest BCUT2D eigenvalue weighted by Gasteiger charge is 2.20. The van der Waals surface area contributed by atoms with Crippen LogP contribution in [0.3, 0.4) is 0 Å². The molecule has 1 aliphatic heterocycles. The first-order valence-electron chi connectivity index (χ1n) is 6.15. The third-order valence-electron chi connectivity index (χ3n) is 3.33. The highest BCUT2D eigenvalue weighted by Crippen LogP contribution is 2.23. The Hall–Kier alpha value is -1.47. The van der Waals surface area contributed by atoms with Gasteiger partial charge in [-0.2, -0.15) is 4.98 Å². The average molecular weight is 286 g/mol. The Labute approximate surface area is 116 Å². The first-order chi connectivity index (χ1) is 9.06. The number of aromatic nitrogens is 2. The van der Waals surface area contributed by atoms with Crippen LogP contribution in [-0.2, 0) is 0 Å². The van der Waals surface area contributed by atoms with Gasteiger partial charge in [-0.05, 0) is 50.5 Å². The van der Waals surface area contributed by atoms with Crippen molar-refractivity contribution in [2.24, 2.45) is 5.92 Å². The summed E-state index contributed by atoms with van der Waals surface area (Å²) in [6, 6.07) is 0. The zero-order valence-corrected chi connectivity index (χ0v) is 11.4. The highest BCUT2D eigenvalue weighted by molar-refractivity contribution is 6.28. The van der Waals surface area contributed by atoms with Crippen LogP contribution in [0.4, 0.5) is 11.5 Å². The predicted octanol–water partition coefficient (Wildman–Crippen LogP) is 1.79. The molecule has 0 spiro atoms. The van der Waals surface area contributed by atoms with Gasteiger partial charge in [0.1, 0.15) is 6.20 Å². The van der Waals surface area contributed by atoms with E-state index >= 15 is 0 Å². The van der Waals surface area contributed by atoms with Gasteiger partial charge in [0, 0.05) is 6.54 Å². The molecule has 1 N–H and O–H groups in total. The molecule has 1 aromatic rings. The molecule has 1 fully saturated rings. The van der Waals surface area contributed by atoms with E-state index in [0.717, 1.165) is 32.1 Å². The van der Waals surface area contributed by atoms with Crippen molar-refractivity contribution in [3.63, 3.8) is 0 Å². The summed E-state index contributed by atoms with van der Waals surface area (Å²) in [5.41, 5.74) is -0.141. The molecule has 2 rings (SSSR count). The number of hydrogen-bond donors (Lipinski definition) is 1. The third kappa shape index (κ3) is 3.74. The second kappa shape index (κ2) is 6.12. The molecule has 2 heterocycles. The van der Waals surface area contributed by atoms with E-state index in [1.165, 1.54) is 0 Å². The molecule has 0 unspecified atom stereocenters. The largest absolute Gasteiger partial charge is 0.364 e. The molecule has 0 aliphatic carbocycles. The molecule has 1 saturated heterocycles. The molecular weight excluding hydrogens is 270 g/mol. The van der Waals surface area contributed by atoms with Gasteiger partial charge in [0.25, 0.3) is 0 Å². The van der Waals surface area contributed by atoms with Crippen molar-refractivity contribution >= 4 is 23.1 Å². The number of nitrogens with zero attached hydrogens (tertiary/aromatic N) is 4. The average Bonchev–Trinajstić information content (AvgIpc) is 2.38. The zero-order chi connectivity index (χ0) is 13.8. The van der Waals surface area contributed by atoms with Gasteiger partial charge < -0.3 is 10.2 Å². The maximum Gasteiger partial charge on any atom is 0.329 e. The van der Waals surface area contributed by atoms with Crippen molar-refractivity contribution in [1.82, 2.24) is 14.9 Å². The minimum Gasteiger partial charge on any atom is -0.364 e. The number of halogens is 1. The summed E-state index contributed by atoms with van der Waals surface area (Å²) in [5.74, 6) is 0.702. The Morgan fingerprint density at radius 3 is 2.89 bits per heavy atom. The Kier molecular flexibility index (Phi) is 4.49. The Morgan fingerprint density at radius 2 is 2.26 bits per heavy atom. The second-order valence-electron chi connectivity index (χ2n) is 4.76. The number of nitro groups is 1. The molecule has 104 valence electrons. The van der Waals surface area contributed by atoms with E-state index in [4.69, 9.17) is 11.6 Å². The van der Waals surface area contributed by atoms with Crippen LogP contribution in [-0.4, -0.2) is 46.5 Å². The lowest BCUT2D eigenvalue weighted by Gasteiger charge is -2.28. The fourth-order valence-corrected chi connectivity index (χ4v) is 2.26. The van der Waals surface area contributed by atoms with Crippen LogP contribution in [0, 0.1) is 16.0 Å². The van der Waals surface area contributed by atoms with Crippen molar-refractivity contribution in [2.75, 3.05) is 32.0 Å². The van der Waals surface area contributed by atoms with Crippen LogP contribution in [0.2, 0.25) is 5.28 Å². The molecule has 0 radical (unpaired) electrons. The Morgan fingerprint density at radius 1 is 1.58 bits per heavy atom. The van der Waals surface area contributed by atoms with Gasteiger partial charge >= 0.3 is 5.69 Å². The lowest BCUT2D eigenvalue weighted by Crippen LogP contribution is -2.33. The van der Waals surface area contributed by atoms with Gasteiger partial charge in [0.05, 0.1) is 4.92 Å². The Bertz CT molecular complexity index is 462. The summed E-state index contributed by atoms with van der Waals surface area (Å²) in [7, 11) is 2.10. The van der Waals surface area contributed by atoms with Crippen molar-refractivity contribution in [1.29, 1.82) is 0 Å². The summed E-state index contributed by atoms with van der Waals surface area (Å²) in [4.78, 5) is 20.2. The molecule has 1 aliphatic rings. The molecule has 0 saturated carbocycles.